The number of carbonyl (C=O) groups is 2. The largest absolute Gasteiger partial charge is 0.481 e. The highest BCUT2D eigenvalue weighted by atomic mass is 16.5. The van der Waals surface area contributed by atoms with Crippen molar-refractivity contribution in [1.82, 2.24) is 0 Å². The van der Waals surface area contributed by atoms with Gasteiger partial charge in [-0.25, -0.2) is 4.79 Å². The minimum Gasteiger partial charge on any atom is -0.481 e. The molecule has 2 aliphatic carbocycles. The van der Waals surface area contributed by atoms with E-state index in [0.29, 0.717) is 5.75 Å². The summed E-state index contributed by atoms with van der Waals surface area (Å²) >= 11 is 0. The Bertz CT molecular complexity index is 1050. The van der Waals surface area contributed by atoms with Gasteiger partial charge in [-0.2, -0.15) is 0 Å². The molecule has 4 nitrogen and oxygen atoms in total. The fourth-order valence-electron chi connectivity index (χ4n) is 4.36. The van der Waals surface area contributed by atoms with Crippen LogP contribution in [0.5, 0.6) is 5.75 Å². The van der Waals surface area contributed by atoms with E-state index in [4.69, 9.17) is 4.74 Å². The molecule has 4 rings (SSSR count). The van der Waals surface area contributed by atoms with E-state index in [1.165, 1.54) is 0 Å². The molecule has 0 saturated heterocycles. The van der Waals surface area contributed by atoms with Gasteiger partial charge in [-0.15, -0.1) is 0 Å². The van der Waals surface area contributed by atoms with Gasteiger partial charge < -0.3 is 9.84 Å². The number of fused-ring (bicyclic) bond motifs is 1. The number of allylic oxidation sites excluding steroid dienone is 4. The zero-order chi connectivity index (χ0) is 20.4. The summed E-state index contributed by atoms with van der Waals surface area (Å²) in [5, 5.41) is 11.5. The molecule has 0 radical (unpaired) electrons. The van der Waals surface area contributed by atoms with E-state index >= 15 is 0 Å². The average molecular weight is 388 g/mol. The molecule has 0 spiro atoms. The van der Waals surface area contributed by atoms with Crippen molar-refractivity contribution in [1.29, 1.82) is 0 Å². The molecule has 2 aliphatic rings. The van der Waals surface area contributed by atoms with Crippen molar-refractivity contribution in [3.05, 3.63) is 77.9 Å². The third-order valence-electron chi connectivity index (χ3n) is 5.97. The molecule has 29 heavy (non-hydrogen) atoms. The number of carbonyl (C=O) groups excluding carboxylic acids is 1. The van der Waals surface area contributed by atoms with Crippen LogP contribution >= 0.6 is 0 Å². The zero-order valence-corrected chi connectivity index (χ0v) is 16.4. The molecule has 0 heterocycles. The average Bonchev–Trinajstić information content (AvgIpc) is 2.74. The molecule has 0 fully saturated rings. The topological polar surface area (TPSA) is 63.6 Å². The Balaban J connectivity index is 1.83. The summed E-state index contributed by atoms with van der Waals surface area (Å²) in [4.78, 5) is 24.7. The molecule has 2 atom stereocenters. The monoisotopic (exact) mass is 388 g/mol. The molecule has 4 heteroatoms. The van der Waals surface area contributed by atoms with E-state index in [1.807, 2.05) is 55.5 Å². The molecule has 2 aromatic carbocycles. The first-order valence-corrected chi connectivity index (χ1v) is 10.0. The highest BCUT2D eigenvalue weighted by Crippen LogP contribution is 2.43. The lowest BCUT2D eigenvalue weighted by atomic mass is 9.68. The molecule has 0 aromatic heterocycles. The van der Waals surface area contributed by atoms with Crippen molar-refractivity contribution in [2.75, 3.05) is 0 Å². The fourth-order valence-corrected chi connectivity index (χ4v) is 4.36. The second-order valence-electron chi connectivity index (χ2n) is 7.87. The van der Waals surface area contributed by atoms with Gasteiger partial charge in [0.25, 0.3) is 0 Å². The predicted molar refractivity (Wildman–Crippen MR) is 113 cm³/mol. The highest BCUT2D eigenvalue weighted by molar-refractivity contribution is 5.97. The first-order chi connectivity index (χ1) is 14.0. The quantitative estimate of drug-likeness (QED) is 0.568. The number of benzene rings is 2. The standard InChI is InChI=1S/C25H24O4/c1-25(16-6-5-13-20(25)23(26)27)19-14-7-11-17-12-8-15-21(22(17)19)29-24(28)18-9-3-2-4-10-18/h5-9,11-16,20H,2-4,10H2,1H3,(H,26,27). The van der Waals surface area contributed by atoms with Gasteiger partial charge in [0.2, 0.25) is 0 Å². The summed E-state index contributed by atoms with van der Waals surface area (Å²) in [5.41, 5.74) is 0.803. The minimum absolute atomic E-state index is 0.314. The lowest BCUT2D eigenvalue weighted by Crippen LogP contribution is -2.36. The molecule has 0 aliphatic heterocycles. The van der Waals surface area contributed by atoms with Crippen LogP contribution in [0.15, 0.2) is 72.4 Å². The van der Waals surface area contributed by atoms with Gasteiger partial charge in [-0.05, 0) is 42.7 Å². The minimum atomic E-state index is -0.882. The molecular weight excluding hydrogens is 364 g/mol. The maximum atomic E-state index is 12.7. The molecule has 2 aromatic rings. The summed E-state index contributed by atoms with van der Waals surface area (Å²) in [6.07, 6.45) is 13.0. The maximum Gasteiger partial charge on any atom is 0.339 e. The molecule has 2 unspecified atom stereocenters. The molecule has 0 bridgehead atoms. The number of ether oxygens (including phenoxy) is 1. The fraction of sp³-hybridized carbons (Fsp3) is 0.280. The van der Waals surface area contributed by atoms with Gasteiger partial charge in [0, 0.05) is 16.4 Å². The van der Waals surface area contributed by atoms with Crippen molar-refractivity contribution >= 4 is 22.7 Å². The van der Waals surface area contributed by atoms with E-state index in [-0.39, 0.29) is 5.97 Å². The summed E-state index contributed by atoms with van der Waals surface area (Å²) in [6.45, 7) is 1.92. The Morgan fingerprint density at radius 3 is 2.62 bits per heavy atom. The molecule has 148 valence electrons. The van der Waals surface area contributed by atoms with Crippen molar-refractivity contribution in [2.24, 2.45) is 5.92 Å². The SMILES string of the molecule is CC1(c2cccc3cccc(OC(=O)C4=CCCCC4)c23)C=CC=CC1C(=O)O. The number of hydrogen-bond acceptors (Lipinski definition) is 3. The van der Waals surface area contributed by atoms with Gasteiger partial charge in [-0.1, -0.05) is 67.6 Å². The van der Waals surface area contributed by atoms with E-state index in [9.17, 15) is 14.7 Å². The van der Waals surface area contributed by atoms with Crippen molar-refractivity contribution in [3.8, 4) is 5.75 Å². The first-order valence-electron chi connectivity index (χ1n) is 10.0. The number of carboxylic acid groups (broad SMARTS) is 1. The van der Waals surface area contributed by atoms with Gasteiger partial charge in [-0.3, -0.25) is 4.79 Å². The summed E-state index contributed by atoms with van der Waals surface area (Å²) in [5.74, 6) is -1.43. The van der Waals surface area contributed by atoms with Crippen LogP contribution in [0, 0.1) is 5.92 Å². The number of hydrogen-bond donors (Lipinski definition) is 1. The Hall–Kier alpha value is -3.14. The second kappa shape index (κ2) is 7.70. The van der Waals surface area contributed by atoms with Crippen molar-refractivity contribution in [2.45, 2.75) is 38.0 Å². The van der Waals surface area contributed by atoms with Gasteiger partial charge >= 0.3 is 11.9 Å². The normalized spacial score (nSPS) is 23.6. The third kappa shape index (κ3) is 3.51. The Morgan fingerprint density at radius 1 is 1.10 bits per heavy atom. The van der Waals surface area contributed by atoms with Crippen LogP contribution < -0.4 is 4.74 Å². The van der Waals surface area contributed by atoms with Crippen LogP contribution in [0.2, 0.25) is 0 Å². The maximum absolute atomic E-state index is 12.7. The third-order valence-corrected chi connectivity index (χ3v) is 5.97. The van der Waals surface area contributed by atoms with E-state index in [1.54, 1.807) is 18.2 Å². The van der Waals surface area contributed by atoms with E-state index in [0.717, 1.165) is 47.6 Å². The highest BCUT2D eigenvalue weighted by Gasteiger charge is 2.39. The predicted octanol–water partition coefficient (Wildman–Crippen LogP) is 5.33. The van der Waals surface area contributed by atoms with Crippen molar-refractivity contribution in [3.63, 3.8) is 0 Å². The van der Waals surface area contributed by atoms with Gasteiger partial charge in [0.15, 0.2) is 0 Å². The van der Waals surface area contributed by atoms with Crippen LogP contribution in [-0.4, -0.2) is 17.0 Å². The van der Waals surface area contributed by atoms with Crippen LogP contribution in [0.3, 0.4) is 0 Å². The lowest BCUT2D eigenvalue weighted by Gasteiger charge is -2.34. The van der Waals surface area contributed by atoms with Gasteiger partial charge in [0.1, 0.15) is 5.75 Å². The van der Waals surface area contributed by atoms with Crippen LogP contribution in [0.1, 0.15) is 38.2 Å². The Labute approximate surface area is 170 Å². The molecule has 0 saturated carbocycles. The molecular formula is C25H24O4. The number of carboxylic acids is 1. The number of rotatable bonds is 4. The first kappa shape index (κ1) is 19.2. The van der Waals surface area contributed by atoms with Crippen molar-refractivity contribution < 1.29 is 19.4 Å². The number of aliphatic carboxylic acids is 1. The lowest BCUT2D eigenvalue weighted by molar-refractivity contribution is -0.141. The summed E-state index contributed by atoms with van der Waals surface area (Å²) in [7, 11) is 0. The molecule has 0 amide bonds. The smallest absolute Gasteiger partial charge is 0.339 e. The summed E-state index contributed by atoms with van der Waals surface area (Å²) < 4.78 is 5.84. The Morgan fingerprint density at radius 2 is 1.90 bits per heavy atom. The number of esters is 1. The van der Waals surface area contributed by atoms with Crippen LogP contribution in [0.25, 0.3) is 10.8 Å². The molecule has 1 N–H and O–H groups in total. The summed E-state index contributed by atoms with van der Waals surface area (Å²) in [6, 6.07) is 11.4. The van der Waals surface area contributed by atoms with E-state index in [2.05, 4.69) is 0 Å². The van der Waals surface area contributed by atoms with Crippen LogP contribution in [0.4, 0.5) is 0 Å². The van der Waals surface area contributed by atoms with Crippen LogP contribution in [-0.2, 0) is 15.0 Å². The Kier molecular flexibility index (Phi) is 5.10. The van der Waals surface area contributed by atoms with E-state index < -0.39 is 17.3 Å². The zero-order valence-electron chi connectivity index (χ0n) is 16.4. The second-order valence-corrected chi connectivity index (χ2v) is 7.87. The van der Waals surface area contributed by atoms with Gasteiger partial charge in [0.05, 0.1) is 5.92 Å².